The van der Waals surface area contributed by atoms with Crippen molar-refractivity contribution in [3.8, 4) is 5.88 Å². The molecule has 3 rings (SSSR count). The highest BCUT2D eigenvalue weighted by Crippen LogP contribution is 2.34. The minimum Gasteiger partial charge on any atom is -0.481 e. The van der Waals surface area contributed by atoms with E-state index < -0.39 is 6.09 Å². The quantitative estimate of drug-likeness (QED) is 0.601. The maximum absolute atomic E-state index is 11.4. The minimum atomic E-state index is -1.04. The first-order valence-corrected chi connectivity index (χ1v) is 9.88. The third kappa shape index (κ3) is 4.34. The van der Waals surface area contributed by atoms with Crippen molar-refractivity contribution in [2.45, 2.75) is 25.2 Å². The van der Waals surface area contributed by atoms with Gasteiger partial charge in [0.25, 0.3) is 0 Å². The molecule has 1 aromatic carbocycles. The number of aromatic nitrogens is 1. The molecule has 1 unspecified atom stereocenters. The molecule has 1 aliphatic heterocycles. The van der Waals surface area contributed by atoms with E-state index in [0.29, 0.717) is 12.4 Å². The highest BCUT2D eigenvalue weighted by atomic mass is 79.9. The summed E-state index contributed by atoms with van der Waals surface area (Å²) in [7, 11) is 1.57. The number of fused-ring (bicyclic) bond motifs is 1. The highest BCUT2D eigenvalue weighted by molar-refractivity contribution is 9.10. The van der Waals surface area contributed by atoms with E-state index in [4.69, 9.17) is 4.74 Å². The summed E-state index contributed by atoms with van der Waals surface area (Å²) in [5.41, 5.74) is 4.34. The molecule has 0 radical (unpaired) electrons. The molecule has 0 bridgehead atoms. The molecule has 146 valence electrons. The van der Waals surface area contributed by atoms with Crippen molar-refractivity contribution in [2.75, 3.05) is 33.4 Å². The summed E-state index contributed by atoms with van der Waals surface area (Å²) in [6.45, 7) is 1.82. The molecule has 1 aliphatic rings. The van der Waals surface area contributed by atoms with Crippen LogP contribution >= 0.6 is 15.9 Å². The molecule has 7 nitrogen and oxygen atoms in total. The topological polar surface area (TPSA) is 91.7 Å². The van der Waals surface area contributed by atoms with Gasteiger partial charge < -0.3 is 14.9 Å². The lowest BCUT2D eigenvalue weighted by Gasteiger charge is -2.41. The second-order valence-corrected chi connectivity index (χ2v) is 7.87. The first-order valence-electron chi connectivity index (χ1n) is 9.09. The maximum atomic E-state index is 11.4. The number of hydrogen-bond donors (Lipinski definition) is 3. The standard InChI is InChI=1S/C19H24BrN3O4/c1-27-16-8-6-13-5-7-15(20)17(18(13)21-16)14(12-24)11-23(22-19(25)26)9-3-2-4-10-23/h5-8,14,22,24H,2-4,9-12H2,1H3/p+1. The number of pyridine rings is 1. The van der Waals surface area contributed by atoms with Gasteiger partial charge in [-0.15, -0.1) is 0 Å². The summed E-state index contributed by atoms with van der Waals surface area (Å²) in [4.78, 5) is 16.0. The zero-order valence-electron chi connectivity index (χ0n) is 15.3. The Kier molecular flexibility index (Phi) is 6.18. The van der Waals surface area contributed by atoms with Crippen LogP contribution in [0.1, 0.15) is 30.7 Å². The second-order valence-electron chi connectivity index (χ2n) is 7.02. The van der Waals surface area contributed by atoms with Gasteiger partial charge in [0.15, 0.2) is 0 Å². The SMILES string of the molecule is COc1ccc2ccc(Br)c(C(CO)C[N+]3(NC(=O)O)CCCCC3)c2n1. The number of nitrogens with one attached hydrogen (secondary N) is 1. The number of aliphatic hydroxyl groups is 1. The van der Waals surface area contributed by atoms with Gasteiger partial charge in [-0.25, -0.2) is 14.4 Å². The molecule has 27 heavy (non-hydrogen) atoms. The van der Waals surface area contributed by atoms with Crippen molar-refractivity contribution in [2.24, 2.45) is 0 Å². The minimum absolute atomic E-state index is 0.0993. The van der Waals surface area contributed by atoms with E-state index in [9.17, 15) is 15.0 Å². The van der Waals surface area contributed by atoms with E-state index in [1.165, 1.54) is 0 Å². The number of carbonyl (C=O) groups is 1. The maximum Gasteiger partial charge on any atom is 0.449 e. The predicted octanol–water partition coefficient (Wildman–Crippen LogP) is 3.27. The van der Waals surface area contributed by atoms with E-state index in [0.717, 1.165) is 53.3 Å². The van der Waals surface area contributed by atoms with Crippen molar-refractivity contribution in [3.05, 3.63) is 34.3 Å². The molecule has 1 amide bonds. The molecule has 0 saturated carbocycles. The lowest BCUT2D eigenvalue weighted by molar-refractivity contribution is -0.966. The number of aliphatic hydroxyl groups excluding tert-OH is 1. The number of carboxylic acid groups (broad SMARTS) is 1. The lowest BCUT2D eigenvalue weighted by atomic mass is 9.95. The van der Waals surface area contributed by atoms with Crippen LogP contribution in [-0.2, 0) is 0 Å². The summed E-state index contributed by atoms with van der Waals surface area (Å²) in [5, 5.41) is 20.5. The van der Waals surface area contributed by atoms with Gasteiger partial charge in [-0.1, -0.05) is 22.0 Å². The van der Waals surface area contributed by atoms with Crippen molar-refractivity contribution in [1.29, 1.82) is 0 Å². The van der Waals surface area contributed by atoms with Crippen molar-refractivity contribution in [1.82, 2.24) is 10.4 Å². The Hall–Kier alpha value is -1.90. The number of rotatable bonds is 6. The fraction of sp³-hybridized carbons (Fsp3) is 0.474. The van der Waals surface area contributed by atoms with Crippen LogP contribution in [0.3, 0.4) is 0 Å². The molecule has 1 fully saturated rings. The molecule has 0 spiro atoms. The van der Waals surface area contributed by atoms with E-state index in [1.807, 2.05) is 18.2 Å². The highest BCUT2D eigenvalue weighted by Gasteiger charge is 2.37. The van der Waals surface area contributed by atoms with E-state index >= 15 is 0 Å². The smallest absolute Gasteiger partial charge is 0.449 e. The van der Waals surface area contributed by atoms with Gasteiger partial charge >= 0.3 is 6.09 Å². The third-order valence-electron chi connectivity index (χ3n) is 5.24. The van der Waals surface area contributed by atoms with Gasteiger partial charge in [0.1, 0.15) is 19.6 Å². The normalized spacial score (nSPS) is 17.4. The van der Waals surface area contributed by atoms with Gasteiger partial charge in [0.05, 0.1) is 25.2 Å². The number of amides is 1. The van der Waals surface area contributed by atoms with Crippen LogP contribution in [0.15, 0.2) is 28.7 Å². The molecule has 8 heteroatoms. The molecule has 0 aliphatic carbocycles. The van der Waals surface area contributed by atoms with Crippen molar-refractivity contribution >= 4 is 32.9 Å². The zero-order chi connectivity index (χ0) is 19.4. The van der Waals surface area contributed by atoms with Crippen LogP contribution in [-0.4, -0.2) is 59.2 Å². The summed E-state index contributed by atoms with van der Waals surface area (Å²) in [6.07, 6.45) is 1.98. The number of methoxy groups -OCH3 is 1. The van der Waals surface area contributed by atoms with E-state index in [1.54, 1.807) is 13.2 Å². The van der Waals surface area contributed by atoms with Crippen LogP contribution in [0.2, 0.25) is 0 Å². The Bertz CT molecular complexity index is 824. The van der Waals surface area contributed by atoms with Gasteiger partial charge in [0, 0.05) is 21.5 Å². The molecule has 1 saturated heterocycles. The summed E-state index contributed by atoms with van der Waals surface area (Å²) < 4.78 is 6.37. The summed E-state index contributed by atoms with van der Waals surface area (Å²) in [6, 6.07) is 7.65. The molecule has 1 atom stereocenters. The fourth-order valence-corrected chi connectivity index (χ4v) is 4.64. The van der Waals surface area contributed by atoms with Gasteiger partial charge in [-0.3, -0.25) is 0 Å². The molecule has 1 aromatic heterocycles. The Morgan fingerprint density at radius 1 is 1.30 bits per heavy atom. The van der Waals surface area contributed by atoms with Crippen LogP contribution in [0.25, 0.3) is 10.9 Å². The number of ether oxygens (including phenoxy) is 1. The molecule has 3 N–H and O–H groups in total. The van der Waals surface area contributed by atoms with Gasteiger partial charge in [-0.2, -0.15) is 5.43 Å². The lowest BCUT2D eigenvalue weighted by Crippen LogP contribution is -2.63. The average Bonchev–Trinajstić information content (AvgIpc) is 2.66. The number of halogens is 1. The Morgan fingerprint density at radius 2 is 2.00 bits per heavy atom. The third-order valence-corrected chi connectivity index (χ3v) is 5.93. The largest absolute Gasteiger partial charge is 0.481 e. The van der Waals surface area contributed by atoms with Crippen LogP contribution in [0.4, 0.5) is 4.79 Å². The summed E-state index contributed by atoms with van der Waals surface area (Å²) >= 11 is 3.60. The molecular weight excluding hydrogens is 414 g/mol. The fourth-order valence-electron chi connectivity index (χ4n) is 3.99. The average molecular weight is 439 g/mol. The van der Waals surface area contributed by atoms with E-state index in [-0.39, 0.29) is 17.1 Å². The van der Waals surface area contributed by atoms with Gasteiger partial charge in [-0.05, 0) is 31.4 Å². The van der Waals surface area contributed by atoms with E-state index in [2.05, 4.69) is 26.3 Å². The predicted molar refractivity (Wildman–Crippen MR) is 106 cm³/mol. The molecule has 2 aromatic rings. The number of quaternary nitrogens is 1. The Morgan fingerprint density at radius 3 is 2.63 bits per heavy atom. The molecular formula is C19H25BrN3O4+. The molecule has 2 heterocycles. The Balaban J connectivity index is 2.03. The summed E-state index contributed by atoms with van der Waals surface area (Å²) in [5.74, 6) is 0.233. The first-order chi connectivity index (χ1) is 13.0. The number of likely N-dealkylation sites (tertiary alicyclic amines) is 1. The number of piperidine rings is 1. The Labute approximate surface area is 166 Å². The van der Waals surface area contributed by atoms with Crippen LogP contribution in [0, 0.1) is 0 Å². The number of benzene rings is 1. The van der Waals surface area contributed by atoms with Gasteiger partial charge in [0.2, 0.25) is 5.88 Å². The number of nitrogens with zero attached hydrogens (tertiary/aromatic N) is 2. The zero-order valence-corrected chi connectivity index (χ0v) is 16.9. The second kappa shape index (κ2) is 8.41. The van der Waals surface area contributed by atoms with Crippen LogP contribution in [0.5, 0.6) is 5.88 Å². The van der Waals surface area contributed by atoms with Crippen LogP contribution < -0.4 is 10.2 Å². The first kappa shape index (κ1) is 19.9. The van der Waals surface area contributed by atoms with Crippen molar-refractivity contribution < 1.29 is 24.3 Å². The van der Waals surface area contributed by atoms with Crippen molar-refractivity contribution in [3.63, 3.8) is 0 Å². The number of hydrogen-bond acceptors (Lipinski definition) is 4. The monoisotopic (exact) mass is 438 g/mol.